The zero-order valence-electron chi connectivity index (χ0n) is 12.1. The molecule has 0 aliphatic rings. The fraction of sp³-hybridized carbons (Fsp3) is 0.125. The van der Waals surface area contributed by atoms with Crippen LogP contribution in [0, 0.1) is 0 Å². The molecule has 0 saturated carbocycles. The molecule has 6 nitrogen and oxygen atoms in total. The van der Waals surface area contributed by atoms with Crippen molar-refractivity contribution in [2.45, 2.75) is 6.54 Å². The number of rotatable bonds is 4. The molecule has 0 aliphatic carbocycles. The van der Waals surface area contributed by atoms with Gasteiger partial charge in [-0.3, -0.25) is 19.4 Å². The lowest BCUT2D eigenvalue weighted by Crippen LogP contribution is -2.23. The molecule has 0 fully saturated rings. The highest BCUT2D eigenvalue weighted by molar-refractivity contribution is 5.92. The number of amides is 1. The molecule has 3 aromatic heterocycles. The van der Waals surface area contributed by atoms with Crippen molar-refractivity contribution in [2.75, 3.05) is 0 Å². The number of pyridine rings is 2. The van der Waals surface area contributed by atoms with Crippen LogP contribution in [0.4, 0.5) is 0 Å². The van der Waals surface area contributed by atoms with Crippen LogP contribution >= 0.6 is 0 Å². The Labute approximate surface area is 127 Å². The number of nitrogens with zero attached hydrogens (tertiary/aromatic N) is 4. The van der Waals surface area contributed by atoms with Crippen molar-refractivity contribution in [1.29, 1.82) is 0 Å². The zero-order valence-corrected chi connectivity index (χ0v) is 12.1. The maximum atomic E-state index is 11.9. The van der Waals surface area contributed by atoms with Crippen LogP contribution in [0.25, 0.3) is 11.3 Å². The Morgan fingerprint density at radius 2 is 2.09 bits per heavy atom. The summed E-state index contributed by atoms with van der Waals surface area (Å²) >= 11 is 0. The molecule has 3 rings (SSSR count). The first-order valence-corrected chi connectivity index (χ1v) is 6.85. The number of aromatic nitrogens is 4. The third-order valence-corrected chi connectivity index (χ3v) is 3.18. The normalized spacial score (nSPS) is 10.4. The van der Waals surface area contributed by atoms with Gasteiger partial charge in [0.25, 0.3) is 5.91 Å². The maximum Gasteiger partial charge on any atom is 0.270 e. The first kappa shape index (κ1) is 13.9. The summed E-state index contributed by atoms with van der Waals surface area (Å²) in [4.78, 5) is 20.3. The Hall–Kier alpha value is -3.02. The van der Waals surface area contributed by atoms with E-state index in [1.807, 2.05) is 25.4 Å². The van der Waals surface area contributed by atoms with Crippen LogP contribution in [-0.4, -0.2) is 25.7 Å². The first-order valence-electron chi connectivity index (χ1n) is 6.85. The van der Waals surface area contributed by atoms with Crippen LogP contribution in [0.5, 0.6) is 0 Å². The van der Waals surface area contributed by atoms with Gasteiger partial charge in [0.2, 0.25) is 0 Å². The van der Waals surface area contributed by atoms with Gasteiger partial charge in [-0.2, -0.15) is 5.10 Å². The second-order valence-electron chi connectivity index (χ2n) is 4.85. The lowest BCUT2D eigenvalue weighted by atomic mass is 10.2. The minimum Gasteiger partial charge on any atom is -0.347 e. The van der Waals surface area contributed by atoms with Crippen LogP contribution in [0.3, 0.4) is 0 Å². The average Bonchev–Trinajstić information content (AvgIpc) is 3.00. The SMILES string of the molecule is Cn1cc(-c2ccc(CNC(=O)c3ccccn3)cn2)cn1. The molecular weight excluding hydrogens is 278 g/mol. The molecule has 0 saturated heterocycles. The predicted octanol–water partition coefficient (Wildman–Crippen LogP) is 1.81. The molecule has 0 atom stereocenters. The number of hydrogen-bond acceptors (Lipinski definition) is 4. The van der Waals surface area contributed by atoms with Gasteiger partial charge in [-0.15, -0.1) is 0 Å². The van der Waals surface area contributed by atoms with Crippen LogP contribution < -0.4 is 5.32 Å². The van der Waals surface area contributed by atoms with E-state index in [0.29, 0.717) is 12.2 Å². The summed E-state index contributed by atoms with van der Waals surface area (Å²) in [5.41, 5.74) is 3.15. The largest absolute Gasteiger partial charge is 0.347 e. The highest BCUT2D eigenvalue weighted by Gasteiger charge is 2.06. The summed E-state index contributed by atoms with van der Waals surface area (Å²) in [7, 11) is 1.87. The Morgan fingerprint density at radius 1 is 1.18 bits per heavy atom. The molecule has 0 aliphatic heterocycles. The molecule has 0 unspecified atom stereocenters. The summed E-state index contributed by atoms with van der Waals surface area (Å²) in [6, 6.07) is 9.09. The molecule has 3 aromatic rings. The lowest BCUT2D eigenvalue weighted by molar-refractivity contribution is 0.0946. The van der Waals surface area contributed by atoms with E-state index in [9.17, 15) is 4.79 Å². The Bertz CT molecular complexity index is 765. The van der Waals surface area contributed by atoms with E-state index in [-0.39, 0.29) is 5.91 Å². The highest BCUT2D eigenvalue weighted by Crippen LogP contribution is 2.15. The highest BCUT2D eigenvalue weighted by atomic mass is 16.1. The van der Waals surface area contributed by atoms with Crippen molar-refractivity contribution in [1.82, 2.24) is 25.1 Å². The first-order chi connectivity index (χ1) is 10.7. The molecule has 0 aromatic carbocycles. The number of carbonyl (C=O) groups excluding carboxylic acids is 1. The third-order valence-electron chi connectivity index (χ3n) is 3.18. The Morgan fingerprint density at radius 3 is 2.73 bits per heavy atom. The molecule has 3 heterocycles. The van der Waals surface area contributed by atoms with Gasteiger partial charge < -0.3 is 5.32 Å². The monoisotopic (exact) mass is 293 g/mol. The number of carbonyl (C=O) groups is 1. The topological polar surface area (TPSA) is 72.7 Å². The number of nitrogens with one attached hydrogen (secondary N) is 1. The number of hydrogen-bond donors (Lipinski definition) is 1. The second-order valence-corrected chi connectivity index (χ2v) is 4.85. The standard InChI is InChI=1S/C16H15N5O/c1-21-11-13(10-20-21)14-6-5-12(8-18-14)9-19-16(22)15-4-2-3-7-17-15/h2-8,10-11H,9H2,1H3,(H,19,22). The molecule has 1 N–H and O–H groups in total. The van der Waals surface area contributed by atoms with Gasteiger partial charge in [-0.05, 0) is 23.8 Å². The van der Waals surface area contributed by atoms with Gasteiger partial charge in [0.15, 0.2) is 0 Å². The van der Waals surface area contributed by atoms with Crippen molar-refractivity contribution in [2.24, 2.45) is 7.05 Å². The van der Waals surface area contributed by atoms with Gasteiger partial charge in [0.1, 0.15) is 5.69 Å². The van der Waals surface area contributed by atoms with Gasteiger partial charge in [0, 0.05) is 37.7 Å². The van der Waals surface area contributed by atoms with Crippen molar-refractivity contribution < 1.29 is 4.79 Å². The summed E-state index contributed by atoms with van der Waals surface area (Å²) in [5, 5.41) is 6.94. The summed E-state index contributed by atoms with van der Waals surface area (Å²) in [5.74, 6) is -0.197. The molecule has 0 spiro atoms. The molecular formula is C16H15N5O. The third kappa shape index (κ3) is 3.17. The minimum absolute atomic E-state index is 0.197. The molecule has 1 amide bonds. The van der Waals surface area contributed by atoms with Crippen molar-refractivity contribution >= 4 is 5.91 Å². The van der Waals surface area contributed by atoms with Crippen LogP contribution in [-0.2, 0) is 13.6 Å². The minimum atomic E-state index is -0.197. The average molecular weight is 293 g/mol. The van der Waals surface area contributed by atoms with E-state index >= 15 is 0 Å². The van der Waals surface area contributed by atoms with Gasteiger partial charge >= 0.3 is 0 Å². The van der Waals surface area contributed by atoms with Crippen LogP contribution in [0.2, 0.25) is 0 Å². The van der Waals surface area contributed by atoms with Gasteiger partial charge in [-0.25, -0.2) is 0 Å². The molecule has 22 heavy (non-hydrogen) atoms. The van der Waals surface area contributed by atoms with E-state index < -0.39 is 0 Å². The molecule has 110 valence electrons. The van der Waals surface area contributed by atoms with E-state index in [1.54, 1.807) is 41.5 Å². The Kier molecular flexibility index (Phi) is 3.91. The maximum absolute atomic E-state index is 11.9. The van der Waals surface area contributed by atoms with Crippen molar-refractivity contribution in [3.8, 4) is 11.3 Å². The van der Waals surface area contributed by atoms with Crippen LogP contribution in [0.1, 0.15) is 16.1 Å². The quantitative estimate of drug-likeness (QED) is 0.796. The van der Waals surface area contributed by atoms with E-state index in [1.165, 1.54) is 0 Å². The van der Waals surface area contributed by atoms with Crippen LogP contribution in [0.15, 0.2) is 55.1 Å². The summed E-state index contributed by atoms with van der Waals surface area (Å²) in [6.45, 7) is 0.412. The Balaban J connectivity index is 1.63. The van der Waals surface area contributed by atoms with E-state index in [4.69, 9.17) is 0 Å². The molecule has 0 bridgehead atoms. The molecule has 0 radical (unpaired) electrons. The fourth-order valence-electron chi connectivity index (χ4n) is 2.02. The predicted molar refractivity (Wildman–Crippen MR) is 81.8 cm³/mol. The van der Waals surface area contributed by atoms with Crippen molar-refractivity contribution in [3.63, 3.8) is 0 Å². The van der Waals surface area contributed by atoms with Crippen molar-refractivity contribution in [3.05, 3.63) is 66.4 Å². The smallest absolute Gasteiger partial charge is 0.270 e. The number of aryl methyl sites for hydroxylation is 1. The van der Waals surface area contributed by atoms with Gasteiger partial charge in [-0.1, -0.05) is 12.1 Å². The molecule has 6 heteroatoms. The summed E-state index contributed by atoms with van der Waals surface area (Å²) < 4.78 is 1.73. The summed E-state index contributed by atoms with van der Waals surface area (Å²) in [6.07, 6.45) is 7.02. The van der Waals surface area contributed by atoms with Gasteiger partial charge in [0.05, 0.1) is 11.9 Å². The zero-order chi connectivity index (χ0) is 15.4. The van der Waals surface area contributed by atoms with E-state index in [2.05, 4.69) is 20.4 Å². The lowest BCUT2D eigenvalue weighted by Gasteiger charge is -2.05. The fourth-order valence-corrected chi connectivity index (χ4v) is 2.02. The second kappa shape index (κ2) is 6.17. The van der Waals surface area contributed by atoms with E-state index in [0.717, 1.165) is 16.8 Å².